The maximum absolute atomic E-state index is 12.0. The van der Waals surface area contributed by atoms with Gasteiger partial charge in [-0.1, -0.05) is 0 Å². The van der Waals surface area contributed by atoms with Crippen molar-refractivity contribution in [2.24, 2.45) is 0 Å². The van der Waals surface area contributed by atoms with Crippen molar-refractivity contribution in [1.82, 2.24) is 4.98 Å². The molecule has 4 nitrogen and oxygen atoms in total. The molecule has 0 aromatic carbocycles. The first-order valence-corrected chi connectivity index (χ1v) is 5.02. The Bertz CT molecular complexity index is 412. The van der Waals surface area contributed by atoms with E-state index in [1.807, 2.05) is 0 Å². The Hall–Kier alpha value is -1.24. The van der Waals surface area contributed by atoms with Crippen molar-refractivity contribution >= 4 is 21.9 Å². The van der Waals surface area contributed by atoms with Crippen molar-refractivity contribution in [2.75, 3.05) is 6.61 Å². The molecule has 1 aromatic heterocycles. The number of aryl methyl sites for hydroxylation is 1. The number of ether oxygens (including phenoxy) is 1. The van der Waals surface area contributed by atoms with Gasteiger partial charge in [0, 0.05) is 0 Å². The van der Waals surface area contributed by atoms with Crippen LogP contribution in [0.1, 0.15) is 16.1 Å². The average Bonchev–Trinajstić information content (AvgIpc) is 2.14. The van der Waals surface area contributed by atoms with E-state index in [1.165, 1.54) is 6.07 Å². The SMILES string of the molecule is Cc1cc(Br)nc(C(=O)O)c1OCC(F)F. The van der Waals surface area contributed by atoms with Gasteiger partial charge in [0.2, 0.25) is 0 Å². The maximum atomic E-state index is 12.0. The van der Waals surface area contributed by atoms with Gasteiger partial charge in [0.05, 0.1) is 0 Å². The van der Waals surface area contributed by atoms with Crippen LogP contribution in [0.25, 0.3) is 0 Å². The lowest BCUT2D eigenvalue weighted by Gasteiger charge is -2.11. The third kappa shape index (κ3) is 3.13. The van der Waals surface area contributed by atoms with Crippen molar-refractivity contribution in [3.63, 3.8) is 0 Å². The summed E-state index contributed by atoms with van der Waals surface area (Å²) in [5.74, 6) is -1.45. The summed E-state index contributed by atoms with van der Waals surface area (Å²) in [5, 5.41) is 8.83. The number of halogens is 3. The van der Waals surface area contributed by atoms with Crippen LogP contribution in [0.3, 0.4) is 0 Å². The third-order valence-electron chi connectivity index (χ3n) is 1.68. The Kier molecular flexibility index (Phi) is 4.17. The van der Waals surface area contributed by atoms with Crippen LogP contribution < -0.4 is 4.74 Å². The zero-order chi connectivity index (χ0) is 12.3. The molecule has 0 amide bonds. The fourth-order valence-corrected chi connectivity index (χ4v) is 1.61. The van der Waals surface area contributed by atoms with Crippen LogP contribution in [0.4, 0.5) is 8.78 Å². The highest BCUT2D eigenvalue weighted by atomic mass is 79.9. The zero-order valence-electron chi connectivity index (χ0n) is 8.21. The van der Waals surface area contributed by atoms with Gasteiger partial charge in [-0.15, -0.1) is 0 Å². The van der Waals surface area contributed by atoms with E-state index in [9.17, 15) is 13.6 Å². The first kappa shape index (κ1) is 12.8. The summed E-state index contributed by atoms with van der Waals surface area (Å²) in [6.45, 7) is 0.699. The van der Waals surface area contributed by atoms with E-state index in [2.05, 4.69) is 20.9 Å². The molecular weight excluding hydrogens is 288 g/mol. The Morgan fingerprint density at radius 1 is 1.69 bits per heavy atom. The lowest BCUT2D eigenvalue weighted by atomic mass is 10.2. The number of hydrogen-bond acceptors (Lipinski definition) is 3. The predicted molar refractivity (Wildman–Crippen MR) is 55.1 cm³/mol. The molecule has 1 aromatic rings. The average molecular weight is 296 g/mol. The molecule has 0 aliphatic heterocycles. The Balaban J connectivity index is 3.09. The first-order valence-electron chi connectivity index (χ1n) is 4.23. The number of carboxylic acids is 1. The molecule has 0 aliphatic rings. The lowest BCUT2D eigenvalue weighted by Crippen LogP contribution is -2.12. The number of aromatic carboxylic acids is 1. The summed E-state index contributed by atoms with van der Waals surface area (Å²) >= 11 is 3.02. The molecule has 16 heavy (non-hydrogen) atoms. The first-order chi connectivity index (χ1) is 7.41. The number of alkyl halides is 2. The van der Waals surface area contributed by atoms with Gasteiger partial charge in [0.1, 0.15) is 11.2 Å². The van der Waals surface area contributed by atoms with E-state index in [4.69, 9.17) is 9.84 Å². The minimum atomic E-state index is -2.66. The Labute approximate surface area is 98.4 Å². The Morgan fingerprint density at radius 2 is 2.31 bits per heavy atom. The van der Waals surface area contributed by atoms with E-state index < -0.39 is 19.0 Å². The van der Waals surface area contributed by atoms with Gasteiger partial charge < -0.3 is 9.84 Å². The molecule has 0 radical (unpaired) electrons. The molecule has 0 unspecified atom stereocenters. The van der Waals surface area contributed by atoms with Gasteiger partial charge in [-0.25, -0.2) is 18.6 Å². The summed E-state index contributed by atoms with van der Waals surface area (Å²) in [7, 11) is 0. The smallest absolute Gasteiger partial charge is 0.358 e. The highest BCUT2D eigenvalue weighted by molar-refractivity contribution is 9.10. The maximum Gasteiger partial charge on any atom is 0.358 e. The molecule has 1 rings (SSSR count). The monoisotopic (exact) mass is 295 g/mol. The third-order valence-corrected chi connectivity index (χ3v) is 2.09. The van der Waals surface area contributed by atoms with Crippen LogP contribution in [0, 0.1) is 6.92 Å². The number of carbonyl (C=O) groups is 1. The van der Waals surface area contributed by atoms with Crippen LogP contribution in [0.15, 0.2) is 10.7 Å². The van der Waals surface area contributed by atoms with Gasteiger partial charge in [-0.2, -0.15) is 0 Å². The Morgan fingerprint density at radius 3 is 2.81 bits per heavy atom. The molecule has 1 heterocycles. The fourth-order valence-electron chi connectivity index (χ4n) is 1.09. The van der Waals surface area contributed by atoms with Crippen molar-refractivity contribution in [3.8, 4) is 5.75 Å². The molecule has 0 aliphatic carbocycles. The molecule has 7 heteroatoms. The van der Waals surface area contributed by atoms with Crippen LogP contribution in [0.2, 0.25) is 0 Å². The molecule has 88 valence electrons. The van der Waals surface area contributed by atoms with Crippen LogP contribution >= 0.6 is 15.9 Å². The largest absolute Gasteiger partial charge is 0.485 e. The number of carboxylic acid groups (broad SMARTS) is 1. The topological polar surface area (TPSA) is 59.4 Å². The standard InChI is InChI=1S/C9H8BrF2NO3/c1-4-2-5(10)13-7(9(14)15)8(4)16-3-6(11)12/h2,6H,3H2,1H3,(H,14,15). The number of rotatable bonds is 4. The van der Waals surface area contributed by atoms with Gasteiger partial charge in [-0.05, 0) is 34.5 Å². The van der Waals surface area contributed by atoms with Gasteiger partial charge in [-0.3, -0.25) is 0 Å². The van der Waals surface area contributed by atoms with Gasteiger partial charge in [0.15, 0.2) is 11.4 Å². The minimum absolute atomic E-state index is 0.129. The van der Waals surface area contributed by atoms with E-state index in [-0.39, 0.29) is 11.4 Å². The summed E-state index contributed by atoms with van der Waals surface area (Å²) in [5.41, 5.74) is 0.0486. The summed E-state index contributed by atoms with van der Waals surface area (Å²) in [4.78, 5) is 14.5. The minimum Gasteiger partial charge on any atom is -0.485 e. The highest BCUT2D eigenvalue weighted by Gasteiger charge is 2.18. The van der Waals surface area contributed by atoms with Crippen LogP contribution in [-0.4, -0.2) is 29.1 Å². The second kappa shape index (κ2) is 5.20. The molecular formula is C9H8BrF2NO3. The van der Waals surface area contributed by atoms with E-state index in [1.54, 1.807) is 6.92 Å². The molecule has 0 fully saturated rings. The second-order valence-corrected chi connectivity index (χ2v) is 3.76. The normalized spacial score (nSPS) is 10.6. The van der Waals surface area contributed by atoms with Crippen molar-refractivity contribution < 1.29 is 23.4 Å². The zero-order valence-corrected chi connectivity index (χ0v) is 9.79. The van der Waals surface area contributed by atoms with Crippen molar-refractivity contribution in [1.29, 1.82) is 0 Å². The number of nitrogens with zero attached hydrogens (tertiary/aromatic N) is 1. The molecule has 0 atom stereocenters. The molecule has 0 saturated heterocycles. The number of aromatic nitrogens is 1. The second-order valence-electron chi connectivity index (χ2n) is 2.95. The van der Waals surface area contributed by atoms with Crippen LogP contribution in [0.5, 0.6) is 5.75 Å². The molecule has 0 spiro atoms. The van der Waals surface area contributed by atoms with Crippen molar-refractivity contribution in [2.45, 2.75) is 13.3 Å². The van der Waals surface area contributed by atoms with Crippen LogP contribution in [-0.2, 0) is 0 Å². The number of pyridine rings is 1. The lowest BCUT2D eigenvalue weighted by molar-refractivity contribution is 0.0654. The number of hydrogen-bond donors (Lipinski definition) is 1. The fraction of sp³-hybridized carbons (Fsp3) is 0.333. The molecule has 0 bridgehead atoms. The van der Waals surface area contributed by atoms with Gasteiger partial charge >= 0.3 is 5.97 Å². The summed E-state index contributed by atoms with van der Waals surface area (Å²) in [6, 6.07) is 1.49. The highest BCUT2D eigenvalue weighted by Crippen LogP contribution is 2.25. The van der Waals surface area contributed by atoms with Gasteiger partial charge in [0.25, 0.3) is 6.43 Å². The molecule has 1 N–H and O–H groups in total. The van der Waals surface area contributed by atoms with E-state index >= 15 is 0 Å². The van der Waals surface area contributed by atoms with E-state index in [0.29, 0.717) is 10.2 Å². The molecule has 0 saturated carbocycles. The summed E-state index contributed by atoms with van der Waals surface area (Å²) in [6.07, 6.45) is -2.66. The van der Waals surface area contributed by atoms with E-state index in [0.717, 1.165) is 0 Å². The summed E-state index contributed by atoms with van der Waals surface area (Å²) < 4.78 is 29.0. The quantitative estimate of drug-likeness (QED) is 0.867. The van der Waals surface area contributed by atoms with Crippen molar-refractivity contribution in [3.05, 3.63) is 21.9 Å². The predicted octanol–water partition coefficient (Wildman–Crippen LogP) is 2.49.